The van der Waals surface area contributed by atoms with Crippen molar-refractivity contribution in [3.05, 3.63) is 29.3 Å². The fourth-order valence-electron chi connectivity index (χ4n) is 1.95. The van der Waals surface area contributed by atoms with Crippen molar-refractivity contribution < 1.29 is 9.47 Å². The molecule has 112 valence electrons. The molecule has 0 saturated heterocycles. The van der Waals surface area contributed by atoms with Crippen LogP contribution >= 0.6 is 34.4 Å². The normalized spacial score (nSPS) is 12.7. The van der Waals surface area contributed by atoms with Crippen molar-refractivity contribution in [3.63, 3.8) is 0 Å². The minimum absolute atomic E-state index is 0.281. The Morgan fingerprint density at radius 1 is 1.23 bits per heavy atom. The fraction of sp³-hybridized carbons (Fsp3) is 0.154. The molecule has 3 aromatic rings. The summed E-state index contributed by atoms with van der Waals surface area (Å²) < 4.78 is 11.6. The minimum atomic E-state index is 0.281. The second-order valence-electron chi connectivity index (χ2n) is 4.41. The fourth-order valence-corrected chi connectivity index (χ4v) is 4.40. The van der Waals surface area contributed by atoms with Gasteiger partial charge in [0.25, 0.3) is 0 Å². The summed E-state index contributed by atoms with van der Waals surface area (Å²) in [5.74, 6) is 2.30. The molecule has 1 aliphatic rings. The van der Waals surface area contributed by atoms with Crippen molar-refractivity contribution in [2.75, 3.05) is 12.5 Å². The average Bonchev–Trinajstić information content (AvgIpc) is 3.24. The lowest BCUT2D eigenvalue weighted by Gasteiger charge is -1.99. The standard InChI is InChI=1S/C13H10N4O2S3/c14-12-16-17-13(22-12)21-5-8-4-20-11(15-8)7-1-2-9-10(3-7)19-6-18-9/h1-4H,5-6H2,(H2,14,16). The van der Waals surface area contributed by atoms with Crippen molar-refractivity contribution >= 4 is 39.6 Å². The Bertz CT molecular complexity index is 817. The summed E-state index contributed by atoms with van der Waals surface area (Å²) in [6, 6.07) is 5.87. The first-order valence-electron chi connectivity index (χ1n) is 6.34. The van der Waals surface area contributed by atoms with Crippen LogP contribution in [0.3, 0.4) is 0 Å². The number of anilines is 1. The van der Waals surface area contributed by atoms with Crippen molar-refractivity contribution in [2.24, 2.45) is 0 Å². The Labute approximate surface area is 138 Å². The third-order valence-corrected chi connectivity index (χ3v) is 5.80. The van der Waals surface area contributed by atoms with Crippen LogP contribution < -0.4 is 15.2 Å². The van der Waals surface area contributed by atoms with Gasteiger partial charge in [0.05, 0.1) is 5.69 Å². The summed E-state index contributed by atoms with van der Waals surface area (Å²) >= 11 is 4.59. The van der Waals surface area contributed by atoms with E-state index in [0.29, 0.717) is 5.13 Å². The Morgan fingerprint density at radius 2 is 2.14 bits per heavy atom. The Balaban J connectivity index is 1.49. The van der Waals surface area contributed by atoms with Gasteiger partial charge in [-0.05, 0) is 18.2 Å². The zero-order chi connectivity index (χ0) is 14.9. The highest BCUT2D eigenvalue weighted by Gasteiger charge is 2.15. The number of thiazole rings is 1. The molecule has 2 aromatic heterocycles. The van der Waals surface area contributed by atoms with Crippen LogP contribution in [0.4, 0.5) is 5.13 Å². The molecule has 0 amide bonds. The van der Waals surface area contributed by atoms with Crippen LogP contribution in [0.15, 0.2) is 27.9 Å². The number of hydrogen-bond acceptors (Lipinski definition) is 9. The van der Waals surface area contributed by atoms with Crippen LogP contribution in [-0.4, -0.2) is 22.0 Å². The second kappa shape index (κ2) is 5.75. The largest absolute Gasteiger partial charge is 0.454 e. The molecular weight excluding hydrogens is 340 g/mol. The molecular formula is C13H10N4O2S3. The summed E-state index contributed by atoms with van der Waals surface area (Å²) in [6.07, 6.45) is 0. The molecule has 0 unspecified atom stereocenters. The Hall–Kier alpha value is -1.84. The van der Waals surface area contributed by atoms with E-state index in [1.807, 2.05) is 18.2 Å². The molecule has 0 spiro atoms. The van der Waals surface area contributed by atoms with Gasteiger partial charge >= 0.3 is 0 Å². The quantitative estimate of drug-likeness (QED) is 0.723. The van der Waals surface area contributed by atoms with E-state index < -0.39 is 0 Å². The average molecular weight is 350 g/mol. The zero-order valence-corrected chi connectivity index (χ0v) is 13.6. The number of benzene rings is 1. The van der Waals surface area contributed by atoms with E-state index in [-0.39, 0.29) is 6.79 Å². The maximum Gasteiger partial charge on any atom is 0.231 e. The number of thioether (sulfide) groups is 1. The van der Waals surface area contributed by atoms with Crippen LogP contribution in [0.25, 0.3) is 10.6 Å². The molecule has 1 aliphatic heterocycles. The first-order valence-corrected chi connectivity index (χ1v) is 9.02. The van der Waals surface area contributed by atoms with E-state index in [4.69, 9.17) is 15.2 Å². The summed E-state index contributed by atoms with van der Waals surface area (Å²) in [6.45, 7) is 0.281. The lowest BCUT2D eigenvalue weighted by molar-refractivity contribution is 0.174. The molecule has 9 heteroatoms. The van der Waals surface area contributed by atoms with Gasteiger partial charge in [0, 0.05) is 16.7 Å². The second-order valence-corrected chi connectivity index (χ2v) is 7.50. The molecule has 0 aliphatic carbocycles. The van der Waals surface area contributed by atoms with Crippen molar-refractivity contribution in [1.82, 2.24) is 15.2 Å². The van der Waals surface area contributed by atoms with Crippen LogP contribution in [0.1, 0.15) is 5.69 Å². The summed E-state index contributed by atoms with van der Waals surface area (Å²) in [5, 5.41) is 11.3. The summed E-state index contributed by atoms with van der Waals surface area (Å²) in [4.78, 5) is 4.65. The number of nitrogens with two attached hydrogens (primary N) is 1. The summed E-state index contributed by atoms with van der Waals surface area (Å²) in [5.41, 5.74) is 7.61. The highest BCUT2D eigenvalue weighted by atomic mass is 32.2. The van der Waals surface area contributed by atoms with Gasteiger partial charge in [-0.2, -0.15) is 0 Å². The molecule has 0 saturated carbocycles. The Kier molecular flexibility index (Phi) is 3.60. The van der Waals surface area contributed by atoms with Crippen LogP contribution in [0.5, 0.6) is 11.5 Å². The number of fused-ring (bicyclic) bond motifs is 1. The first-order chi connectivity index (χ1) is 10.8. The predicted molar refractivity (Wildman–Crippen MR) is 87.6 cm³/mol. The van der Waals surface area contributed by atoms with Crippen LogP contribution in [0, 0.1) is 0 Å². The van der Waals surface area contributed by atoms with Gasteiger partial charge in [-0.15, -0.1) is 21.5 Å². The highest BCUT2D eigenvalue weighted by Crippen LogP contribution is 2.37. The number of aromatic nitrogens is 3. The molecule has 22 heavy (non-hydrogen) atoms. The molecule has 4 rings (SSSR count). The van der Waals surface area contributed by atoms with Gasteiger partial charge in [0.2, 0.25) is 11.9 Å². The highest BCUT2D eigenvalue weighted by molar-refractivity contribution is 8.00. The summed E-state index contributed by atoms with van der Waals surface area (Å²) in [7, 11) is 0. The molecule has 0 radical (unpaired) electrons. The molecule has 2 N–H and O–H groups in total. The maximum absolute atomic E-state index is 5.57. The molecule has 6 nitrogen and oxygen atoms in total. The van der Waals surface area contributed by atoms with Gasteiger partial charge in [0.15, 0.2) is 15.8 Å². The molecule has 0 fully saturated rings. The van der Waals surface area contributed by atoms with Gasteiger partial charge in [0.1, 0.15) is 5.01 Å². The zero-order valence-electron chi connectivity index (χ0n) is 11.2. The SMILES string of the molecule is Nc1nnc(SCc2csc(-c3ccc4c(c3)OCO4)n2)s1. The molecule has 0 bridgehead atoms. The molecule has 1 aromatic carbocycles. The maximum atomic E-state index is 5.57. The van der Waals surface area contributed by atoms with Crippen molar-refractivity contribution in [2.45, 2.75) is 10.1 Å². The number of nitrogens with zero attached hydrogens (tertiary/aromatic N) is 3. The van der Waals surface area contributed by atoms with E-state index >= 15 is 0 Å². The van der Waals surface area contributed by atoms with Gasteiger partial charge in [-0.25, -0.2) is 4.98 Å². The first kappa shape index (κ1) is 13.8. The van der Waals surface area contributed by atoms with E-state index in [2.05, 4.69) is 20.6 Å². The Morgan fingerprint density at radius 3 is 3.00 bits per heavy atom. The number of nitrogen functional groups attached to an aromatic ring is 1. The number of hydrogen-bond donors (Lipinski definition) is 1. The third-order valence-electron chi connectivity index (χ3n) is 2.94. The van der Waals surface area contributed by atoms with Crippen molar-refractivity contribution in [1.29, 1.82) is 0 Å². The molecule has 3 heterocycles. The monoisotopic (exact) mass is 350 g/mol. The number of ether oxygens (including phenoxy) is 2. The van der Waals surface area contributed by atoms with Crippen LogP contribution in [-0.2, 0) is 5.75 Å². The van der Waals surface area contributed by atoms with Crippen molar-refractivity contribution in [3.8, 4) is 22.1 Å². The lowest BCUT2D eigenvalue weighted by atomic mass is 10.2. The van der Waals surface area contributed by atoms with E-state index in [9.17, 15) is 0 Å². The van der Waals surface area contributed by atoms with Gasteiger partial charge in [-0.3, -0.25) is 0 Å². The van der Waals surface area contributed by atoms with Crippen LogP contribution in [0.2, 0.25) is 0 Å². The van der Waals surface area contributed by atoms with E-state index in [1.165, 1.54) is 11.3 Å². The predicted octanol–water partition coefficient (Wildman–Crippen LogP) is 3.26. The minimum Gasteiger partial charge on any atom is -0.454 e. The third kappa shape index (κ3) is 2.74. The smallest absolute Gasteiger partial charge is 0.231 e. The number of rotatable bonds is 4. The van der Waals surface area contributed by atoms with Gasteiger partial charge < -0.3 is 15.2 Å². The lowest BCUT2D eigenvalue weighted by Crippen LogP contribution is -1.92. The van der Waals surface area contributed by atoms with E-state index in [0.717, 1.165) is 37.9 Å². The molecule has 0 atom stereocenters. The van der Waals surface area contributed by atoms with Gasteiger partial charge in [-0.1, -0.05) is 23.1 Å². The topological polar surface area (TPSA) is 83.2 Å². The van der Waals surface area contributed by atoms with E-state index in [1.54, 1.807) is 23.1 Å².